The summed E-state index contributed by atoms with van der Waals surface area (Å²) in [7, 11) is 0. The third-order valence-corrected chi connectivity index (χ3v) is 3.33. The lowest BCUT2D eigenvalue weighted by Gasteiger charge is -1.97. The highest BCUT2D eigenvalue weighted by Crippen LogP contribution is 2.14. The van der Waals surface area contributed by atoms with Crippen LogP contribution in [0.2, 0.25) is 0 Å². The molecule has 0 bridgehead atoms. The number of rotatable bonds is 2. The Kier molecular flexibility index (Phi) is 4.44. The number of hydrogen-bond acceptors (Lipinski definition) is 2. The Bertz CT molecular complexity index is 620. The van der Waals surface area contributed by atoms with Crippen molar-refractivity contribution in [3.05, 3.63) is 48.0 Å². The Morgan fingerprint density at radius 2 is 1.94 bits per heavy atom. The van der Waals surface area contributed by atoms with Gasteiger partial charge in [0.1, 0.15) is 0 Å². The molecule has 0 aliphatic rings. The van der Waals surface area contributed by atoms with Crippen LogP contribution in [0, 0.1) is 11.8 Å². The Hall–Kier alpha value is -1.72. The third kappa shape index (κ3) is 3.65. The van der Waals surface area contributed by atoms with Crippen LogP contribution in [0.5, 0.6) is 0 Å². The predicted octanol–water partition coefficient (Wildman–Crippen LogP) is 3.86. The Morgan fingerprint density at radius 1 is 1.17 bits per heavy atom. The van der Waals surface area contributed by atoms with Crippen LogP contribution >= 0.6 is 11.8 Å². The molecule has 2 rings (SSSR count). The number of carbonyl (C=O) groups excluding carboxylic acids is 1. The normalized spacial score (nSPS) is 9.83. The van der Waals surface area contributed by atoms with E-state index in [1.165, 1.54) is 22.5 Å². The van der Waals surface area contributed by atoms with E-state index in [4.69, 9.17) is 0 Å². The summed E-state index contributed by atoms with van der Waals surface area (Å²) < 4.78 is 0. The molecule has 0 spiro atoms. The van der Waals surface area contributed by atoms with E-state index in [1.54, 1.807) is 6.92 Å². The van der Waals surface area contributed by atoms with Crippen molar-refractivity contribution in [2.24, 2.45) is 0 Å². The van der Waals surface area contributed by atoms with Gasteiger partial charge in [-0.05, 0) is 22.9 Å². The lowest BCUT2D eigenvalue weighted by Crippen LogP contribution is -1.84. The second kappa shape index (κ2) is 6.28. The van der Waals surface area contributed by atoms with Crippen molar-refractivity contribution < 1.29 is 4.79 Å². The van der Waals surface area contributed by atoms with Gasteiger partial charge in [-0.2, -0.15) is 0 Å². The lowest BCUT2D eigenvalue weighted by molar-refractivity contribution is -0.109. The Balaban J connectivity index is 2.03. The Labute approximate surface area is 112 Å². The van der Waals surface area contributed by atoms with Gasteiger partial charge in [-0.25, -0.2) is 0 Å². The van der Waals surface area contributed by atoms with Crippen molar-refractivity contribution in [3.63, 3.8) is 0 Å². The van der Waals surface area contributed by atoms with E-state index in [9.17, 15) is 4.79 Å². The molecular weight excluding hydrogens is 240 g/mol. The fourth-order valence-electron chi connectivity index (χ4n) is 1.68. The first-order valence-corrected chi connectivity index (χ1v) is 6.85. The van der Waals surface area contributed by atoms with E-state index >= 15 is 0 Å². The molecular formula is C16H14OS. The number of carbonyl (C=O) groups is 1. The van der Waals surface area contributed by atoms with E-state index in [2.05, 4.69) is 36.1 Å². The van der Waals surface area contributed by atoms with Crippen molar-refractivity contribution in [1.82, 2.24) is 0 Å². The van der Waals surface area contributed by atoms with Crippen LogP contribution < -0.4 is 0 Å². The molecule has 0 amide bonds. The average Bonchev–Trinajstić information content (AvgIpc) is 2.38. The molecule has 2 aromatic carbocycles. The molecule has 90 valence electrons. The molecule has 0 radical (unpaired) electrons. The molecule has 0 saturated carbocycles. The van der Waals surface area contributed by atoms with Crippen molar-refractivity contribution in [3.8, 4) is 11.8 Å². The predicted molar refractivity (Wildman–Crippen MR) is 78.6 cm³/mol. The van der Waals surface area contributed by atoms with Crippen molar-refractivity contribution in [1.29, 1.82) is 0 Å². The third-order valence-electron chi connectivity index (χ3n) is 2.51. The second-order valence-electron chi connectivity index (χ2n) is 3.95. The summed E-state index contributed by atoms with van der Waals surface area (Å²) in [6.45, 7) is 1.58. The highest BCUT2D eigenvalue weighted by molar-refractivity contribution is 8.13. The minimum atomic E-state index is 0.155. The monoisotopic (exact) mass is 254 g/mol. The molecule has 18 heavy (non-hydrogen) atoms. The first-order valence-electron chi connectivity index (χ1n) is 5.87. The fraction of sp³-hybridized carbons (Fsp3) is 0.188. The van der Waals surface area contributed by atoms with E-state index < -0.39 is 0 Å². The molecule has 0 unspecified atom stereocenters. The van der Waals surface area contributed by atoms with Crippen LogP contribution in [-0.2, 0) is 4.79 Å². The molecule has 0 aliphatic carbocycles. The van der Waals surface area contributed by atoms with Crippen molar-refractivity contribution >= 4 is 27.6 Å². The van der Waals surface area contributed by atoms with Gasteiger partial charge in [-0.1, -0.05) is 53.9 Å². The first kappa shape index (κ1) is 12.7. The van der Waals surface area contributed by atoms with Crippen LogP contribution in [0.15, 0.2) is 42.5 Å². The second-order valence-corrected chi connectivity index (χ2v) is 5.23. The number of thioether (sulfide) groups is 1. The molecule has 2 heteroatoms. The minimum absolute atomic E-state index is 0.155. The van der Waals surface area contributed by atoms with Gasteiger partial charge < -0.3 is 0 Å². The van der Waals surface area contributed by atoms with Crippen molar-refractivity contribution in [2.75, 3.05) is 5.75 Å². The largest absolute Gasteiger partial charge is 0.288 e. The van der Waals surface area contributed by atoms with Crippen LogP contribution in [0.25, 0.3) is 10.8 Å². The summed E-state index contributed by atoms with van der Waals surface area (Å²) in [4.78, 5) is 10.7. The van der Waals surface area contributed by atoms with Crippen LogP contribution in [-0.4, -0.2) is 10.9 Å². The summed E-state index contributed by atoms with van der Waals surface area (Å²) in [5, 5.41) is 2.60. The molecule has 0 aliphatic heterocycles. The number of fused-ring (bicyclic) bond motifs is 1. The zero-order chi connectivity index (χ0) is 12.8. The average molecular weight is 254 g/mol. The Morgan fingerprint density at radius 3 is 2.72 bits per heavy atom. The van der Waals surface area contributed by atoms with Crippen LogP contribution in [0.3, 0.4) is 0 Å². The van der Waals surface area contributed by atoms with Gasteiger partial charge in [-0.15, -0.1) is 0 Å². The molecule has 0 atom stereocenters. The van der Waals surface area contributed by atoms with Crippen LogP contribution in [0.4, 0.5) is 0 Å². The van der Waals surface area contributed by atoms with Crippen LogP contribution in [0.1, 0.15) is 18.9 Å². The lowest BCUT2D eigenvalue weighted by atomic mass is 10.1. The molecule has 0 aromatic heterocycles. The standard InChI is InChI=1S/C16H14OS/c1-13(17)18-11-5-4-6-14-9-10-15-7-2-3-8-16(15)12-14/h2-3,7-10,12H,5,11H2,1H3. The smallest absolute Gasteiger partial charge is 0.185 e. The molecule has 1 nitrogen and oxygen atoms in total. The topological polar surface area (TPSA) is 17.1 Å². The van der Waals surface area contributed by atoms with Gasteiger partial charge in [0.25, 0.3) is 0 Å². The SMILES string of the molecule is CC(=O)SCCC#Cc1ccc2ccccc2c1. The van der Waals surface area contributed by atoms with E-state index in [-0.39, 0.29) is 5.12 Å². The maximum absolute atomic E-state index is 10.7. The molecule has 0 fully saturated rings. The molecule has 0 saturated heterocycles. The number of benzene rings is 2. The zero-order valence-corrected chi connectivity index (χ0v) is 11.1. The molecule has 0 heterocycles. The summed E-state index contributed by atoms with van der Waals surface area (Å²) in [5.74, 6) is 7.01. The maximum Gasteiger partial charge on any atom is 0.185 e. The van der Waals surface area contributed by atoms with Gasteiger partial charge in [0.2, 0.25) is 0 Å². The van der Waals surface area contributed by atoms with E-state index in [1.807, 2.05) is 18.2 Å². The molecule has 0 N–H and O–H groups in total. The summed E-state index contributed by atoms with van der Waals surface area (Å²) in [5.41, 5.74) is 1.03. The fourth-order valence-corrected chi connectivity index (χ4v) is 2.17. The van der Waals surface area contributed by atoms with Gasteiger partial charge in [0.15, 0.2) is 5.12 Å². The molecule has 2 aromatic rings. The quantitative estimate of drug-likeness (QED) is 0.598. The van der Waals surface area contributed by atoms with E-state index in [0.29, 0.717) is 0 Å². The highest BCUT2D eigenvalue weighted by Gasteiger charge is 1.93. The van der Waals surface area contributed by atoms with Crippen molar-refractivity contribution in [2.45, 2.75) is 13.3 Å². The summed E-state index contributed by atoms with van der Waals surface area (Å²) >= 11 is 1.33. The van der Waals surface area contributed by atoms with Gasteiger partial charge >= 0.3 is 0 Å². The first-order chi connectivity index (χ1) is 8.75. The number of hydrogen-bond donors (Lipinski definition) is 0. The highest BCUT2D eigenvalue weighted by atomic mass is 32.2. The zero-order valence-electron chi connectivity index (χ0n) is 10.3. The van der Waals surface area contributed by atoms with Gasteiger partial charge in [0.05, 0.1) is 0 Å². The van der Waals surface area contributed by atoms with E-state index in [0.717, 1.165) is 17.7 Å². The van der Waals surface area contributed by atoms with Gasteiger partial charge in [0, 0.05) is 24.7 Å². The maximum atomic E-state index is 10.7. The summed E-state index contributed by atoms with van der Waals surface area (Å²) in [6, 6.07) is 14.5. The van der Waals surface area contributed by atoms with Gasteiger partial charge in [-0.3, -0.25) is 4.79 Å². The summed E-state index contributed by atoms with van der Waals surface area (Å²) in [6.07, 6.45) is 0.747. The minimum Gasteiger partial charge on any atom is -0.288 e.